The van der Waals surface area contributed by atoms with Crippen molar-refractivity contribution in [2.75, 3.05) is 7.11 Å². The number of rotatable bonds is 2. The number of benzene rings is 6. The van der Waals surface area contributed by atoms with E-state index in [4.69, 9.17) is 9.72 Å². The Hall–Kier alpha value is -5.61. The van der Waals surface area contributed by atoms with Crippen molar-refractivity contribution in [3.63, 3.8) is 0 Å². The lowest BCUT2D eigenvalue weighted by Crippen LogP contribution is -1.96. The first-order valence-corrected chi connectivity index (χ1v) is 14.2. The summed E-state index contributed by atoms with van der Waals surface area (Å²) in [6, 6.07) is 47.5. The Labute approximate surface area is 241 Å². The lowest BCUT2D eigenvalue weighted by atomic mass is 10.0. The van der Waals surface area contributed by atoms with E-state index in [1.807, 2.05) is 18.2 Å². The molecule has 0 aliphatic carbocycles. The molecule has 3 heterocycles. The molecule has 6 aromatic carbocycles. The lowest BCUT2D eigenvalue weighted by Gasteiger charge is -2.12. The van der Waals surface area contributed by atoms with Crippen LogP contribution in [0.1, 0.15) is 0 Å². The monoisotopic (exact) mass is 539 g/mol. The summed E-state index contributed by atoms with van der Waals surface area (Å²) >= 11 is 0. The Morgan fingerprint density at radius 1 is 0.452 bits per heavy atom. The van der Waals surface area contributed by atoms with Gasteiger partial charge < -0.3 is 9.14 Å². The molecule has 9 rings (SSSR count). The van der Waals surface area contributed by atoms with Crippen molar-refractivity contribution in [1.82, 2.24) is 13.8 Å². The molecule has 3 aromatic heterocycles. The van der Waals surface area contributed by atoms with Gasteiger partial charge in [0.25, 0.3) is 0 Å². The lowest BCUT2D eigenvalue weighted by molar-refractivity contribution is 0.416. The van der Waals surface area contributed by atoms with Crippen LogP contribution in [-0.4, -0.2) is 20.9 Å². The molecule has 0 saturated carbocycles. The first-order chi connectivity index (χ1) is 20.8. The van der Waals surface area contributed by atoms with Gasteiger partial charge in [0.05, 0.1) is 45.8 Å². The Kier molecular flexibility index (Phi) is 4.79. The molecule has 4 heteroatoms. The minimum absolute atomic E-state index is 0.791. The van der Waals surface area contributed by atoms with Crippen LogP contribution in [0.3, 0.4) is 0 Å². The molecule has 0 spiro atoms. The Balaban J connectivity index is 1.73. The third-order valence-corrected chi connectivity index (χ3v) is 8.59. The molecule has 0 N–H and O–H groups in total. The third kappa shape index (κ3) is 3.04. The Bertz CT molecular complexity index is 2570. The van der Waals surface area contributed by atoms with Crippen LogP contribution in [0.2, 0.25) is 0 Å². The van der Waals surface area contributed by atoms with Gasteiger partial charge in [-0.15, -0.1) is 0 Å². The van der Waals surface area contributed by atoms with Gasteiger partial charge >= 0.3 is 0 Å². The van der Waals surface area contributed by atoms with Gasteiger partial charge in [0.1, 0.15) is 11.6 Å². The van der Waals surface area contributed by atoms with Crippen LogP contribution >= 0.6 is 0 Å². The third-order valence-electron chi connectivity index (χ3n) is 8.59. The Morgan fingerprint density at radius 2 is 0.976 bits per heavy atom. The summed E-state index contributed by atoms with van der Waals surface area (Å²) in [5.74, 6) is 1.64. The maximum absolute atomic E-state index is 5.87. The van der Waals surface area contributed by atoms with Gasteiger partial charge in [-0.1, -0.05) is 97.1 Å². The summed E-state index contributed by atoms with van der Waals surface area (Å²) < 4.78 is 10.6. The van der Waals surface area contributed by atoms with E-state index in [9.17, 15) is 0 Å². The van der Waals surface area contributed by atoms with Gasteiger partial charge in [0.15, 0.2) is 0 Å². The molecule has 42 heavy (non-hydrogen) atoms. The van der Waals surface area contributed by atoms with Crippen LogP contribution in [-0.2, 0) is 0 Å². The van der Waals surface area contributed by atoms with Crippen LogP contribution in [0.4, 0.5) is 0 Å². The van der Waals surface area contributed by atoms with Crippen molar-refractivity contribution in [2.45, 2.75) is 0 Å². The number of ether oxygens (including phenoxy) is 1. The number of nitrogens with zero attached hydrogens (tertiary/aromatic N) is 3. The van der Waals surface area contributed by atoms with E-state index in [0.717, 1.165) is 44.6 Å². The quantitative estimate of drug-likeness (QED) is 0.219. The van der Waals surface area contributed by atoms with Gasteiger partial charge in [-0.3, -0.25) is 4.40 Å². The average molecular weight is 540 g/mol. The molecule has 198 valence electrons. The summed E-state index contributed by atoms with van der Waals surface area (Å²) in [6.45, 7) is 0. The largest absolute Gasteiger partial charge is 0.496 e. The summed E-state index contributed by atoms with van der Waals surface area (Å²) in [4.78, 5) is 5.32. The summed E-state index contributed by atoms with van der Waals surface area (Å²) in [6.07, 6.45) is 0. The number of methoxy groups -OCH3 is 1. The van der Waals surface area contributed by atoms with Crippen molar-refractivity contribution in [3.8, 4) is 17.1 Å². The highest BCUT2D eigenvalue weighted by molar-refractivity contribution is 6.22. The fourth-order valence-electron chi connectivity index (χ4n) is 6.87. The van der Waals surface area contributed by atoms with Crippen LogP contribution in [0.5, 0.6) is 5.75 Å². The summed E-state index contributed by atoms with van der Waals surface area (Å²) in [7, 11) is 1.72. The maximum Gasteiger partial charge on any atom is 0.149 e. The van der Waals surface area contributed by atoms with E-state index >= 15 is 0 Å². The molecule has 0 bridgehead atoms. The zero-order chi connectivity index (χ0) is 27.8. The highest BCUT2D eigenvalue weighted by atomic mass is 16.5. The van der Waals surface area contributed by atoms with Crippen LogP contribution in [0, 0.1) is 0 Å². The van der Waals surface area contributed by atoms with Crippen LogP contribution in [0.15, 0.2) is 133 Å². The zero-order valence-electron chi connectivity index (χ0n) is 23.0. The van der Waals surface area contributed by atoms with Crippen molar-refractivity contribution in [3.05, 3.63) is 133 Å². The number of imidazole rings is 1. The minimum atomic E-state index is 0.791. The molecule has 0 unspecified atom stereocenters. The second-order valence-electron chi connectivity index (χ2n) is 10.7. The first-order valence-electron chi connectivity index (χ1n) is 14.2. The van der Waals surface area contributed by atoms with E-state index in [2.05, 4.69) is 124 Å². The molecule has 0 radical (unpaired) electrons. The molecule has 0 atom stereocenters. The number of hydrogen-bond donors (Lipinski definition) is 0. The molecular weight excluding hydrogens is 514 g/mol. The van der Waals surface area contributed by atoms with E-state index in [-0.39, 0.29) is 0 Å². The second kappa shape index (κ2) is 8.69. The van der Waals surface area contributed by atoms with E-state index in [1.54, 1.807) is 7.11 Å². The van der Waals surface area contributed by atoms with E-state index in [0.29, 0.717) is 0 Å². The molecular formula is C38H25N3O. The predicted octanol–water partition coefficient (Wildman–Crippen LogP) is 9.59. The van der Waals surface area contributed by atoms with Gasteiger partial charge in [-0.05, 0) is 47.2 Å². The summed E-state index contributed by atoms with van der Waals surface area (Å²) in [5, 5.41) is 7.22. The van der Waals surface area contributed by atoms with Crippen molar-refractivity contribution < 1.29 is 4.74 Å². The van der Waals surface area contributed by atoms with Crippen molar-refractivity contribution in [2.24, 2.45) is 0 Å². The number of aromatic nitrogens is 3. The maximum atomic E-state index is 5.87. The van der Waals surface area contributed by atoms with Gasteiger partial charge in [0.2, 0.25) is 0 Å². The predicted molar refractivity (Wildman–Crippen MR) is 174 cm³/mol. The first kappa shape index (κ1) is 23.1. The fourth-order valence-corrected chi connectivity index (χ4v) is 6.87. The highest BCUT2D eigenvalue weighted by Gasteiger charge is 2.20. The van der Waals surface area contributed by atoms with Crippen molar-refractivity contribution >= 4 is 65.4 Å². The zero-order valence-corrected chi connectivity index (χ0v) is 23.0. The van der Waals surface area contributed by atoms with Crippen LogP contribution in [0.25, 0.3) is 76.8 Å². The molecule has 0 aliphatic heterocycles. The SMILES string of the molecule is COc1ccccc1-c1nc2cccc3c2n1c1ccccc1c1ccccc1c1cccc2c4ccccc4n3c12. The molecule has 0 saturated heterocycles. The van der Waals surface area contributed by atoms with Crippen molar-refractivity contribution in [1.29, 1.82) is 0 Å². The second-order valence-corrected chi connectivity index (χ2v) is 10.7. The minimum Gasteiger partial charge on any atom is -0.496 e. The standard InChI is InChI=1S/C38H25N3O/c1-42-35-23-9-6-16-30(35)38-39-31-19-11-22-34-37(31)41(38)33-21-8-4-14-26(33)24-12-2-3-13-25(24)28-17-10-18-29-27-15-5-7-20-32(27)40(34)36(28)29/h2-23H,1H3. The molecule has 0 aliphatic rings. The molecule has 0 fully saturated rings. The highest BCUT2D eigenvalue weighted by Crippen LogP contribution is 2.39. The molecule has 0 amide bonds. The fraction of sp³-hybridized carbons (Fsp3) is 0.0263. The van der Waals surface area contributed by atoms with Gasteiger partial charge in [-0.25, -0.2) is 4.98 Å². The van der Waals surface area contributed by atoms with Gasteiger partial charge in [-0.2, -0.15) is 0 Å². The normalized spacial score (nSPS) is 11.9. The van der Waals surface area contributed by atoms with E-state index in [1.165, 1.54) is 38.0 Å². The number of fused-ring (bicyclic) bond motifs is 9. The number of para-hydroxylation sites is 5. The summed E-state index contributed by atoms with van der Waals surface area (Å²) in [5.41, 5.74) is 7.48. The number of hydrogen-bond acceptors (Lipinski definition) is 2. The van der Waals surface area contributed by atoms with E-state index < -0.39 is 0 Å². The van der Waals surface area contributed by atoms with Crippen LogP contribution < -0.4 is 4.74 Å². The molecule has 9 aromatic rings. The van der Waals surface area contributed by atoms with Gasteiger partial charge in [0, 0.05) is 21.5 Å². The topological polar surface area (TPSA) is 30.9 Å². The smallest absolute Gasteiger partial charge is 0.149 e. The molecule has 4 nitrogen and oxygen atoms in total. The Morgan fingerprint density at radius 3 is 1.74 bits per heavy atom. The average Bonchev–Trinajstić information content (AvgIpc) is 3.61.